The van der Waals surface area contributed by atoms with E-state index >= 15 is 0 Å². The first kappa shape index (κ1) is 22.9. The van der Waals surface area contributed by atoms with Gasteiger partial charge >= 0.3 is 11.9 Å². The molecule has 172 valence electrons. The third kappa shape index (κ3) is 5.22. The second-order valence-corrected chi connectivity index (χ2v) is 8.53. The number of carbonyl (C=O) groups excluding carboxylic acids is 1. The van der Waals surface area contributed by atoms with Crippen molar-refractivity contribution >= 4 is 34.3 Å². The number of fused-ring (bicyclic) bond motifs is 1. The average Bonchev–Trinajstić information content (AvgIpc) is 2.83. The first-order valence-electron chi connectivity index (χ1n) is 10.9. The molecule has 1 N–H and O–H groups in total. The molecule has 1 aliphatic rings. The number of aromatic carboxylic acids is 1. The summed E-state index contributed by atoms with van der Waals surface area (Å²) in [5, 5.41) is 11.9. The summed E-state index contributed by atoms with van der Waals surface area (Å²) in [5.74, 6) is -1.02. The van der Waals surface area contributed by atoms with Crippen molar-refractivity contribution in [3.05, 3.63) is 70.7 Å². The van der Waals surface area contributed by atoms with Gasteiger partial charge in [0.25, 0.3) is 0 Å². The van der Waals surface area contributed by atoms with Gasteiger partial charge in [-0.25, -0.2) is 4.79 Å². The van der Waals surface area contributed by atoms with Crippen molar-refractivity contribution < 1.29 is 28.9 Å². The lowest BCUT2D eigenvalue weighted by molar-refractivity contribution is -0.151. The SMILES string of the molecule is COc1cc(Cl)c(OC2CCC(C(=O)OCc3cccc4ccccc34)CC2)cc1C(=O)O. The second-order valence-electron chi connectivity index (χ2n) is 8.13. The van der Waals surface area contributed by atoms with Gasteiger partial charge in [-0.15, -0.1) is 0 Å². The Morgan fingerprint density at radius 1 is 1.00 bits per heavy atom. The number of halogens is 1. The van der Waals surface area contributed by atoms with Crippen LogP contribution in [0.1, 0.15) is 41.6 Å². The van der Waals surface area contributed by atoms with Crippen LogP contribution in [0.5, 0.6) is 11.5 Å². The molecule has 0 bridgehead atoms. The Balaban J connectivity index is 1.33. The largest absolute Gasteiger partial charge is 0.496 e. The Bertz CT molecular complexity index is 1160. The van der Waals surface area contributed by atoms with Gasteiger partial charge in [-0.05, 0) is 48.1 Å². The van der Waals surface area contributed by atoms with E-state index in [0.717, 1.165) is 16.3 Å². The number of esters is 1. The van der Waals surface area contributed by atoms with Gasteiger partial charge in [-0.3, -0.25) is 4.79 Å². The lowest BCUT2D eigenvalue weighted by atomic mass is 9.87. The number of benzene rings is 3. The number of hydrogen-bond acceptors (Lipinski definition) is 5. The summed E-state index contributed by atoms with van der Waals surface area (Å²) in [7, 11) is 1.39. The van der Waals surface area contributed by atoms with E-state index in [4.69, 9.17) is 25.8 Å². The van der Waals surface area contributed by atoms with Crippen molar-refractivity contribution in [2.75, 3.05) is 7.11 Å². The third-order valence-electron chi connectivity index (χ3n) is 6.04. The first-order valence-corrected chi connectivity index (χ1v) is 11.2. The molecule has 3 aromatic carbocycles. The second kappa shape index (κ2) is 10.1. The number of rotatable bonds is 7. The van der Waals surface area contributed by atoms with Gasteiger partial charge in [0, 0.05) is 6.07 Å². The van der Waals surface area contributed by atoms with Gasteiger partial charge in [-0.1, -0.05) is 54.1 Å². The molecule has 0 unspecified atom stereocenters. The van der Waals surface area contributed by atoms with Crippen LogP contribution in [-0.2, 0) is 16.1 Å². The molecule has 0 aromatic heterocycles. The van der Waals surface area contributed by atoms with E-state index < -0.39 is 5.97 Å². The van der Waals surface area contributed by atoms with E-state index in [0.29, 0.717) is 31.4 Å². The van der Waals surface area contributed by atoms with E-state index in [1.165, 1.54) is 19.2 Å². The smallest absolute Gasteiger partial charge is 0.339 e. The zero-order chi connectivity index (χ0) is 23.4. The van der Waals surface area contributed by atoms with E-state index in [1.807, 2.05) is 42.5 Å². The van der Waals surface area contributed by atoms with Crippen molar-refractivity contribution in [3.8, 4) is 11.5 Å². The van der Waals surface area contributed by atoms with Crippen LogP contribution in [0.3, 0.4) is 0 Å². The highest BCUT2D eigenvalue weighted by molar-refractivity contribution is 6.32. The minimum Gasteiger partial charge on any atom is -0.496 e. The number of carbonyl (C=O) groups is 2. The molecule has 6 nitrogen and oxygen atoms in total. The topological polar surface area (TPSA) is 82.1 Å². The van der Waals surface area contributed by atoms with Crippen LogP contribution in [0.4, 0.5) is 0 Å². The van der Waals surface area contributed by atoms with E-state index in [9.17, 15) is 14.7 Å². The lowest BCUT2D eigenvalue weighted by Gasteiger charge is -2.28. The minimum absolute atomic E-state index is 0.0115. The fraction of sp³-hybridized carbons (Fsp3) is 0.308. The van der Waals surface area contributed by atoms with Crippen LogP contribution in [0, 0.1) is 5.92 Å². The standard InChI is InChI=1S/C26H25ClO6/c1-31-23-14-22(27)24(13-21(23)25(28)29)33-19-11-9-17(10-12-19)26(30)32-15-18-7-4-6-16-5-2-3-8-20(16)18/h2-8,13-14,17,19H,9-12,15H2,1H3,(H,28,29). The van der Waals surface area contributed by atoms with Gasteiger partial charge in [0.05, 0.1) is 24.2 Å². The van der Waals surface area contributed by atoms with Crippen LogP contribution in [0.25, 0.3) is 10.8 Å². The van der Waals surface area contributed by atoms with Crippen LogP contribution in [-0.4, -0.2) is 30.3 Å². The van der Waals surface area contributed by atoms with Crippen molar-refractivity contribution in [3.63, 3.8) is 0 Å². The van der Waals surface area contributed by atoms with Crippen molar-refractivity contribution in [1.29, 1.82) is 0 Å². The zero-order valence-electron chi connectivity index (χ0n) is 18.3. The molecule has 1 saturated carbocycles. The van der Waals surface area contributed by atoms with Crippen LogP contribution < -0.4 is 9.47 Å². The quantitative estimate of drug-likeness (QED) is 0.436. The molecule has 7 heteroatoms. The predicted molar refractivity (Wildman–Crippen MR) is 125 cm³/mol. The molecule has 0 aliphatic heterocycles. The highest BCUT2D eigenvalue weighted by Crippen LogP contribution is 2.36. The van der Waals surface area contributed by atoms with E-state index in [-0.39, 0.29) is 40.9 Å². The summed E-state index contributed by atoms with van der Waals surface area (Å²) in [5.41, 5.74) is 0.976. The lowest BCUT2D eigenvalue weighted by Crippen LogP contribution is -2.29. The maximum Gasteiger partial charge on any atom is 0.339 e. The van der Waals surface area contributed by atoms with Crippen LogP contribution in [0.15, 0.2) is 54.6 Å². The third-order valence-corrected chi connectivity index (χ3v) is 6.33. The maximum atomic E-state index is 12.7. The summed E-state index contributed by atoms with van der Waals surface area (Å²) >= 11 is 6.25. The molecule has 0 amide bonds. The van der Waals surface area contributed by atoms with Gasteiger partial charge in [0.15, 0.2) is 0 Å². The van der Waals surface area contributed by atoms with Gasteiger partial charge in [-0.2, -0.15) is 0 Å². The molecule has 0 heterocycles. The van der Waals surface area contributed by atoms with E-state index in [1.54, 1.807) is 0 Å². The molecule has 0 radical (unpaired) electrons. The van der Waals surface area contributed by atoms with Crippen molar-refractivity contribution in [2.24, 2.45) is 5.92 Å². The van der Waals surface area contributed by atoms with Gasteiger partial charge in [0.2, 0.25) is 0 Å². The number of carboxylic acid groups (broad SMARTS) is 1. The molecular weight excluding hydrogens is 444 g/mol. The first-order chi connectivity index (χ1) is 16.0. The summed E-state index contributed by atoms with van der Waals surface area (Å²) in [6, 6.07) is 16.8. The summed E-state index contributed by atoms with van der Waals surface area (Å²) < 4.78 is 16.7. The van der Waals surface area contributed by atoms with Crippen LogP contribution >= 0.6 is 11.6 Å². The molecule has 1 fully saturated rings. The predicted octanol–water partition coefficient (Wildman–Crippen LogP) is 5.88. The highest BCUT2D eigenvalue weighted by atomic mass is 35.5. The molecule has 1 aliphatic carbocycles. The zero-order valence-corrected chi connectivity index (χ0v) is 19.0. The molecule has 3 aromatic rings. The van der Waals surface area contributed by atoms with Crippen molar-refractivity contribution in [1.82, 2.24) is 0 Å². The van der Waals surface area contributed by atoms with Gasteiger partial charge < -0.3 is 19.3 Å². The number of hydrogen-bond donors (Lipinski definition) is 1. The van der Waals surface area contributed by atoms with Crippen LogP contribution in [0.2, 0.25) is 5.02 Å². The molecule has 0 atom stereocenters. The summed E-state index contributed by atoms with van der Waals surface area (Å²) in [4.78, 5) is 24.1. The number of methoxy groups -OCH3 is 1. The Hall–Kier alpha value is -3.25. The summed E-state index contributed by atoms with van der Waals surface area (Å²) in [6.07, 6.45) is 2.43. The van der Waals surface area contributed by atoms with Crippen molar-refractivity contribution in [2.45, 2.75) is 38.4 Å². The molecular formula is C26H25ClO6. The molecule has 4 rings (SSSR count). The van der Waals surface area contributed by atoms with E-state index in [2.05, 4.69) is 0 Å². The molecule has 33 heavy (non-hydrogen) atoms. The summed E-state index contributed by atoms with van der Waals surface area (Å²) in [6.45, 7) is 0.246. The van der Waals surface area contributed by atoms with Gasteiger partial charge in [0.1, 0.15) is 23.7 Å². The Morgan fingerprint density at radius 2 is 1.73 bits per heavy atom. The Kier molecular flexibility index (Phi) is 7.04. The minimum atomic E-state index is -1.12. The fourth-order valence-electron chi connectivity index (χ4n) is 4.24. The highest BCUT2D eigenvalue weighted by Gasteiger charge is 2.29. The monoisotopic (exact) mass is 468 g/mol. The number of carboxylic acids is 1. The Labute approximate surface area is 197 Å². The molecule has 0 saturated heterocycles. The fourth-order valence-corrected chi connectivity index (χ4v) is 4.44. The average molecular weight is 469 g/mol. The Morgan fingerprint density at radius 3 is 2.45 bits per heavy atom. The molecule has 0 spiro atoms. The number of ether oxygens (including phenoxy) is 3. The maximum absolute atomic E-state index is 12.7. The normalized spacial score (nSPS) is 18.0.